The number of nitrogens with zero attached hydrogens (tertiary/aromatic N) is 1. The summed E-state index contributed by atoms with van der Waals surface area (Å²) in [7, 11) is 0. The van der Waals surface area contributed by atoms with Crippen LogP contribution in [0.25, 0.3) is 21.8 Å². The van der Waals surface area contributed by atoms with E-state index in [1.807, 2.05) is 67.6 Å². The molecule has 12 heteroatoms. The first-order valence-electron chi connectivity index (χ1n) is 14.9. The number of hydrogen-bond donors (Lipinski definition) is 5. The van der Waals surface area contributed by atoms with Crippen LogP contribution in [-0.2, 0) is 29.2 Å². The molecule has 0 radical (unpaired) electrons. The summed E-state index contributed by atoms with van der Waals surface area (Å²) in [5, 5.41) is 25.0. The van der Waals surface area contributed by atoms with Gasteiger partial charge in [0, 0.05) is 39.7 Å². The summed E-state index contributed by atoms with van der Waals surface area (Å²) in [6.45, 7) is 2.81. The van der Waals surface area contributed by atoms with Crippen LogP contribution in [0.5, 0.6) is 0 Å². The molecule has 2 aromatic heterocycles. The second kappa shape index (κ2) is 15.1. The van der Waals surface area contributed by atoms with Crippen LogP contribution >= 0.6 is 0 Å². The molecule has 48 heavy (non-hydrogen) atoms. The Morgan fingerprint density at radius 2 is 1.21 bits per heavy atom. The summed E-state index contributed by atoms with van der Waals surface area (Å²) < 4.78 is 12.0. The van der Waals surface area contributed by atoms with Gasteiger partial charge in [-0.05, 0) is 66.6 Å². The standard InChI is InChI=1S/C19H18N2O4.C17H14N2O4/c1-2-21-16-9-8-15(10-14(16)11-17(21)18(22)23)20-19(24)25-12-13-6-4-3-5-7-13;20-16(21)15-9-12-8-13(6-7-14(12)19-15)18-17(22)23-10-11-4-2-1-3-5-11/h3-11H,2,12H2,1H3,(H,20,24)(H,22,23);1-9,19H,10H2,(H,18,22)(H,20,21). The molecule has 244 valence electrons. The lowest BCUT2D eigenvalue weighted by molar-refractivity contribution is 0.0677. The number of carboxylic acid groups (broad SMARTS) is 2. The third-order valence-electron chi connectivity index (χ3n) is 7.21. The molecule has 5 N–H and O–H groups in total. The molecule has 12 nitrogen and oxygen atoms in total. The summed E-state index contributed by atoms with van der Waals surface area (Å²) in [6.07, 6.45) is -1.13. The number of amides is 2. The number of aromatic nitrogens is 2. The van der Waals surface area contributed by atoms with E-state index in [0.717, 1.165) is 22.0 Å². The first-order valence-corrected chi connectivity index (χ1v) is 14.9. The van der Waals surface area contributed by atoms with Gasteiger partial charge in [0.1, 0.15) is 24.6 Å². The molecule has 0 atom stereocenters. The van der Waals surface area contributed by atoms with E-state index >= 15 is 0 Å². The second-order valence-corrected chi connectivity index (χ2v) is 10.5. The predicted molar refractivity (Wildman–Crippen MR) is 180 cm³/mol. The molecule has 0 saturated carbocycles. The Kier molecular flexibility index (Phi) is 10.4. The fourth-order valence-electron chi connectivity index (χ4n) is 4.95. The second-order valence-electron chi connectivity index (χ2n) is 10.5. The maximum atomic E-state index is 11.9. The average Bonchev–Trinajstić information content (AvgIpc) is 3.69. The van der Waals surface area contributed by atoms with E-state index in [-0.39, 0.29) is 24.6 Å². The molecule has 0 aliphatic carbocycles. The van der Waals surface area contributed by atoms with Crippen molar-refractivity contribution in [2.24, 2.45) is 0 Å². The number of aromatic carboxylic acids is 2. The minimum Gasteiger partial charge on any atom is -0.477 e. The van der Waals surface area contributed by atoms with Crippen molar-refractivity contribution >= 4 is 57.3 Å². The van der Waals surface area contributed by atoms with Gasteiger partial charge in [-0.2, -0.15) is 0 Å². The Labute approximate surface area is 274 Å². The monoisotopic (exact) mass is 648 g/mol. The summed E-state index contributed by atoms with van der Waals surface area (Å²) in [5.41, 5.74) is 4.70. The van der Waals surface area contributed by atoms with Gasteiger partial charge < -0.3 is 29.2 Å². The van der Waals surface area contributed by atoms with Gasteiger partial charge in [0.25, 0.3) is 0 Å². The van der Waals surface area contributed by atoms with E-state index in [2.05, 4.69) is 15.6 Å². The number of rotatable bonds is 9. The highest BCUT2D eigenvalue weighted by atomic mass is 16.6. The Morgan fingerprint density at radius 3 is 1.73 bits per heavy atom. The van der Waals surface area contributed by atoms with E-state index in [1.54, 1.807) is 47.0 Å². The largest absolute Gasteiger partial charge is 0.477 e. The van der Waals surface area contributed by atoms with E-state index < -0.39 is 24.1 Å². The Hall–Kier alpha value is -6.56. The quantitative estimate of drug-likeness (QED) is 0.106. The number of carbonyl (C=O) groups excluding carboxylic acids is 2. The first kappa shape index (κ1) is 32.8. The van der Waals surface area contributed by atoms with Gasteiger partial charge in [-0.3, -0.25) is 10.6 Å². The molecule has 0 aliphatic heterocycles. The van der Waals surface area contributed by atoms with Crippen molar-refractivity contribution in [3.8, 4) is 0 Å². The zero-order valence-electron chi connectivity index (χ0n) is 25.8. The van der Waals surface area contributed by atoms with Crippen molar-refractivity contribution in [1.29, 1.82) is 0 Å². The first-order chi connectivity index (χ1) is 23.2. The molecule has 2 heterocycles. The van der Waals surface area contributed by atoms with Crippen molar-refractivity contribution in [1.82, 2.24) is 9.55 Å². The summed E-state index contributed by atoms with van der Waals surface area (Å²) in [4.78, 5) is 48.8. The number of aryl methyl sites for hydroxylation is 1. The van der Waals surface area contributed by atoms with Crippen LogP contribution in [-0.4, -0.2) is 43.9 Å². The molecule has 6 rings (SSSR count). The average molecular weight is 649 g/mol. The van der Waals surface area contributed by atoms with Crippen molar-refractivity contribution < 1.29 is 38.9 Å². The molecular formula is C36H32N4O8. The number of ether oxygens (including phenoxy) is 2. The zero-order chi connectivity index (χ0) is 34.0. The van der Waals surface area contributed by atoms with Crippen LogP contribution in [0.4, 0.5) is 21.0 Å². The number of benzene rings is 4. The third-order valence-corrected chi connectivity index (χ3v) is 7.21. The Morgan fingerprint density at radius 1 is 0.667 bits per heavy atom. The van der Waals surface area contributed by atoms with Gasteiger partial charge in [0.2, 0.25) is 0 Å². The number of aromatic amines is 1. The van der Waals surface area contributed by atoms with Gasteiger partial charge in [-0.1, -0.05) is 60.7 Å². The van der Waals surface area contributed by atoms with Crippen LogP contribution in [0.2, 0.25) is 0 Å². The highest BCUT2D eigenvalue weighted by Crippen LogP contribution is 2.24. The number of anilines is 2. The molecule has 0 aliphatic rings. The lowest BCUT2D eigenvalue weighted by Gasteiger charge is -2.08. The molecule has 0 fully saturated rings. The fraction of sp³-hybridized carbons (Fsp3) is 0.111. The number of hydrogen-bond acceptors (Lipinski definition) is 6. The highest BCUT2D eigenvalue weighted by Gasteiger charge is 2.14. The summed E-state index contributed by atoms with van der Waals surface area (Å²) >= 11 is 0. The maximum absolute atomic E-state index is 11.9. The molecule has 0 saturated heterocycles. The molecular weight excluding hydrogens is 616 g/mol. The van der Waals surface area contributed by atoms with Gasteiger partial charge >= 0.3 is 24.1 Å². The lowest BCUT2D eigenvalue weighted by atomic mass is 10.2. The van der Waals surface area contributed by atoms with Crippen molar-refractivity contribution in [3.05, 3.63) is 132 Å². The van der Waals surface area contributed by atoms with Gasteiger partial charge in [0.05, 0.1) is 0 Å². The van der Waals surface area contributed by atoms with Crippen molar-refractivity contribution in [2.45, 2.75) is 26.7 Å². The summed E-state index contributed by atoms with van der Waals surface area (Å²) in [6, 6.07) is 32.2. The Bertz CT molecular complexity index is 2070. The number of carbonyl (C=O) groups is 4. The van der Waals surface area contributed by atoms with Gasteiger partial charge in [-0.15, -0.1) is 0 Å². The maximum Gasteiger partial charge on any atom is 0.411 e. The zero-order valence-corrected chi connectivity index (χ0v) is 25.8. The van der Waals surface area contributed by atoms with Crippen LogP contribution in [0.1, 0.15) is 39.0 Å². The minimum absolute atomic E-state index is 0.101. The normalized spacial score (nSPS) is 10.5. The van der Waals surface area contributed by atoms with E-state index in [4.69, 9.17) is 14.6 Å². The third kappa shape index (κ3) is 8.37. The number of nitrogens with one attached hydrogen (secondary N) is 3. The molecule has 0 bridgehead atoms. The molecule has 0 unspecified atom stereocenters. The SMILES string of the molecule is CCn1c(C(=O)O)cc2cc(NC(=O)OCc3ccccc3)ccc21.O=C(Nc1ccc2[nH]c(C(=O)O)cc2c1)OCc1ccccc1. The van der Waals surface area contributed by atoms with Gasteiger partial charge in [-0.25, -0.2) is 19.2 Å². The predicted octanol–water partition coefficient (Wildman–Crippen LogP) is 7.72. The smallest absolute Gasteiger partial charge is 0.411 e. The van der Waals surface area contributed by atoms with Crippen LogP contribution in [0.15, 0.2) is 109 Å². The Balaban J connectivity index is 0.000000188. The highest BCUT2D eigenvalue weighted by molar-refractivity contribution is 5.97. The molecule has 2 amide bonds. The van der Waals surface area contributed by atoms with E-state index in [9.17, 15) is 24.3 Å². The van der Waals surface area contributed by atoms with Crippen LogP contribution in [0, 0.1) is 0 Å². The van der Waals surface area contributed by atoms with Crippen molar-refractivity contribution in [3.63, 3.8) is 0 Å². The molecule has 0 spiro atoms. The minimum atomic E-state index is -1.03. The van der Waals surface area contributed by atoms with Gasteiger partial charge in [0.15, 0.2) is 0 Å². The summed E-state index contributed by atoms with van der Waals surface area (Å²) in [5.74, 6) is -2.01. The van der Waals surface area contributed by atoms with E-state index in [0.29, 0.717) is 28.8 Å². The fourth-order valence-corrected chi connectivity index (χ4v) is 4.95. The number of H-pyrrole nitrogens is 1. The van der Waals surface area contributed by atoms with E-state index in [1.165, 1.54) is 6.07 Å². The van der Waals surface area contributed by atoms with Crippen LogP contribution < -0.4 is 10.6 Å². The molecule has 6 aromatic rings. The topological polar surface area (TPSA) is 172 Å². The van der Waals surface area contributed by atoms with Crippen LogP contribution in [0.3, 0.4) is 0 Å². The number of carboxylic acids is 2. The van der Waals surface area contributed by atoms with Crippen molar-refractivity contribution in [2.75, 3.05) is 10.6 Å². The molecule has 4 aromatic carbocycles. The lowest BCUT2D eigenvalue weighted by Crippen LogP contribution is -2.13. The number of fused-ring (bicyclic) bond motifs is 2.